The third kappa shape index (κ3) is 8.97. The van der Waals surface area contributed by atoms with Gasteiger partial charge in [-0.25, -0.2) is 4.98 Å². The van der Waals surface area contributed by atoms with Crippen LogP contribution in [-0.2, 0) is 16.2 Å². The van der Waals surface area contributed by atoms with Crippen LogP contribution in [-0.4, -0.2) is 27.2 Å². The summed E-state index contributed by atoms with van der Waals surface area (Å²) in [5.41, 5.74) is 13.8. The maximum absolute atomic E-state index is 6.88. The number of para-hydroxylation sites is 4. The Morgan fingerprint density at radius 2 is 1.02 bits per heavy atom. The number of benzene rings is 9. The van der Waals surface area contributed by atoms with E-state index in [-0.39, 0.29) is 16.2 Å². The molecule has 0 aliphatic heterocycles. The molecule has 4 aromatic heterocycles. The molecule has 410 valence electrons. The van der Waals surface area contributed by atoms with E-state index in [9.17, 15) is 0 Å². The summed E-state index contributed by atoms with van der Waals surface area (Å²) in [6, 6.07) is 88.9. The zero-order valence-corrected chi connectivity index (χ0v) is 49.8. The average molecular weight is 1110 g/mol. The average Bonchev–Trinajstić information content (AvgIpc) is 4.08. The summed E-state index contributed by atoms with van der Waals surface area (Å²) < 4.78 is 13.5. The van der Waals surface area contributed by atoms with Gasteiger partial charge in [0, 0.05) is 35.3 Å². The van der Waals surface area contributed by atoms with Crippen molar-refractivity contribution in [3.63, 3.8) is 0 Å². The molecule has 7 heteroatoms. The van der Waals surface area contributed by atoms with Gasteiger partial charge in [0.2, 0.25) is 0 Å². The Hall–Kier alpha value is -9.43. The van der Waals surface area contributed by atoms with Gasteiger partial charge in [0.15, 0.2) is 13.9 Å². The van der Waals surface area contributed by atoms with Crippen molar-refractivity contribution in [3.05, 3.63) is 278 Å². The van der Waals surface area contributed by atoms with Crippen LogP contribution in [0.2, 0.25) is 0 Å². The molecular formula is C77H67N5OSi. The second-order valence-electron chi connectivity index (χ2n) is 25.1. The van der Waals surface area contributed by atoms with Crippen molar-refractivity contribution in [1.82, 2.24) is 19.1 Å². The summed E-state index contributed by atoms with van der Waals surface area (Å²) in [6.07, 6.45) is 9.97. The maximum Gasteiger partial charge on any atom is 0.271 e. The fraction of sp³-hybridized carbons (Fsp3) is 0.156. The summed E-state index contributed by atoms with van der Waals surface area (Å²) in [5.74, 6) is 2.93. The Morgan fingerprint density at radius 3 is 1.71 bits per heavy atom. The van der Waals surface area contributed by atoms with E-state index in [1.165, 1.54) is 43.0 Å². The van der Waals surface area contributed by atoms with Crippen LogP contribution in [0.5, 0.6) is 11.5 Å². The summed E-state index contributed by atoms with van der Waals surface area (Å²) >= 11 is 0. The van der Waals surface area contributed by atoms with Crippen molar-refractivity contribution < 1.29 is 9.30 Å². The molecule has 4 heterocycles. The lowest BCUT2D eigenvalue weighted by Crippen LogP contribution is -2.74. The van der Waals surface area contributed by atoms with Gasteiger partial charge in [-0.15, -0.1) is 0 Å². The lowest BCUT2D eigenvalue weighted by Gasteiger charge is -2.42. The highest BCUT2D eigenvalue weighted by molar-refractivity contribution is 7.19. The van der Waals surface area contributed by atoms with Gasteiger partial charge in [0.1, 0.15) is 17.3 Å². The fourth-order valence-electron chi connectivity index (χ4n) is 13.4. The molecule has 1 aliphatic rings. The SMILES string of the molecule is CC(C)(C)c1ccnc(-n2c3ccccc3c3ccc(Oc4ccnc(-n5[c-][n+](-c6c(-c7cccc([Si](c8ccccc8)(c8ccccc8)c8ccccc8)c7)cccc6-c6ccc7c(c6)C(C)(C)CCC7(C)C)c6ccccc65)c4)cc32)c1. The second-order valence-corrected chi connectivity index (χ2v) is 28.9. The lowest BCUT2D eigenvalue weighted by molar-refractivity contribution is -0.571. The second kappa shape index (κ2) is 20.5. The molecule has 0 atom stereocenters. The summed E-state index contributed by atoms with van der Waals surface area (Å²) in [5, 5.41) is 7.60. The Balaban J connectivity index is 0.942. The smallest absolute Gasteiger partial charge is 0.271 e. The molecule has 14 rings (SSSR count). The first kappa shape index (κ1) is 52.6. The molecule has 0 fully saturated rings. The Bertz CT molecular complexity index is 4530. The van der Waals surface area contributed by atoms with E-state index in [4.69, 9.17) is 14.7 Å². The molecule has 0 amide bonds. The third-order valence-electron chi connectivity index (χ3n) is 17.9. The Kier molecular flexibility index (Phi) is 12.8. The highest BCUT2D eigenvalue weighted by Gasteiger charge is 2.42. The monoisotopic (exact) mass is 1110 g/mol. The van der Waals surface area contributed by atoms with Crippen molar-refractivity contribution in [2.24, 2.45) is 0 Å². The molecule has 0 bridgehead atoms. The van der Waals surface area contributed by atoms with Gasteiger partial charge in [0.05, 0.1) is 27.8 Å². The third-order valence-corrected chi connectivity index (χ3v) is 22.7. The molecule has 0 spiro atoms. The highest BCUT2D eigenvalue weighted by atomic mass is 28.3. The van der Waals surface area contributed by atoms with E-state index in [1.807, 2.05) is 24.5 Å². The topological polar surface area (TPSA) is 48.8 Å². The zero-order chi connectivity index (χ0) is 57.4. The summed E-state index contributed by atoms with van der Waals surface area (Å²) in [6.45, 7) is 16.4. The van der Waals surface area contributed by atoms with E-state index in [2.05, 4.69) is 299 Å². The molecule has 1 aliphatic carbocycles. The minimum absolute atomic E-state index is 0.0146. The van der Waals surface area contributed by atoms with E-state index < -0.39 is 8.07 Å². The molecule has 6 nitrogen and oxygen atoms in total. The molecular weight excluding hydrogens is 1040 g/mol. The predicted octanol–water partition coefficient (Wildman–Crippen LogP) is 15.7. The van der Waals surface area contributed by atoms with Crippen molar-refractivity contribution in [2.75, 3.05) is 0 Å². The number of hydrogen-bond acceptors (Lipinski definition) is 3. The van der Waals surface area contributed by atoms with Gasteiger partial charge in [-0.3, -0.25) is 18.7 Å². The maximum atomic E-state index is 6.88. The van der Waals surface area contributed by atoms with E-state index in [0.29, 0.717) is 17.3 Å². The number of pyridine rings is 2. The van der Waals surface area contributed by atoms with Gasteiger partial charge in [-0.1, -0.05) is 243 Å². The molecule has 13 aromatic rings. The van der Waals surface area contributed by atoms with Crippen LogP contribution in [0.4, 0.5) is 0 Å². The van der Waals surface area contributed by atoms with Crippen LogP contribution < -0.4 is 30.1 Å². The Morgan fingerprint density at radius 1 is 0.464 bits per heavy atom. The minimum Gasteiger partial charge on any atom is -0.458 e. The number of fused-ring (bicyclic) bond motifs is 5. The quantitative estimate of drug-likeness (QED) is 0.0561. The number of nitrogens with zero attached hydrogens (tertiary/aromatic N) is 5. The number of aromatic nitrogens is 5. The van der Waals surface area contributed by atoms with Gasteiger partial charge < -0.3 is 4.74 Å². The van der Waals surface area contributed by atoms with Crippen molar-refractivity contribution in [2.45, 2.75) is 77.6 Å². The van der Waals surface area contributed by atoms with Crippen LogP contribution in [0.1, 0.15) is 78.0 Å². The standard InChI is InChI=1S/C77H67N5OSi/c1-75(2,3)55-41-45-79-73(49-55)82-68-34-18-17-31-64(68)65-39-38-56(50-71(65)82)83-57-42-46-78-72(51-57)80-52-81(70-36-20-19-35-69(70)80)74-62(32-22-33-63(74)54-37-40-66-67(48-54)77(6,7)44-43-76(66,4)5)53-23-21-30-61(47-53)84(58-24-11-8-12-25-58,59-26-13-9-14-27-59)60-28-15-10-16-29-60/h8-42,45-51H,43-44H2,1-7H3. The van der Waals surface area contributed by atoms with E-state index >= 15 is 0 Å². The van der Waals surface area contributed by atoms with Crippen molar-refractivity contribution in [3.8, 4) is 51.1 Å². The molecule has 0 unspecified atom stereocenters. The zero-order valence-electron chi connectivity index (χ0n) is 48.8. The molecule has 0 saturated carbocycles. The van der Waals surface area contributed by atoms with Crippen LogP contribution in [0.15, 0.2) is 255 Å². The van der Waals surface area contributed by atoms with Gasteiger partial charge in [0.25, 0.3) is 6.33 Å². The first-order valence-corrected chi connectivity index (χ1v) is 31.4. The van der Waals surface area contributed by atoms with E-state index in [0.717, 1.165) is 73.9 Å². The fourth-order valence-corrected chi connectivity index (χ4v) is 18.2. The van der Waals surface area contributed by atoms with Crippen LogP contribution in [0, 0.1) is 6.33 Å². The summed E-state index contributed by atoms with van der Waals surface area (Å²) in [7, 11) is -2.89. The minimum atomic E-state index is -2.89. The predicted molar refractivity (Wildman–Crippen MR) is 349 cm³/mol. The van der Waals surface area contributed by atoms with Crippen molar-refractivity contribution >= 4 is 61.7 Å². The summed E-state index contributed by atoms with van der Waals surface area (Å²) in [4.78, 5) is 9.99. The first-order chi connectivity index (χ1) is 40.8. The highest BCUT2D eigenvalue weighted by Crippen LogP contribution is 2.48. The van der Waals surface area contributed by atoms with E-state index in [1.54, 1.807) is 0 Å². The number of rotatable bonds is 11. The molecule has 0 N–H and O–H groups in total. The van der Waals surface area contributed by atoms with Crippen LogP contribution in [0.3, 0.4) is 0 Å². The van der Waals surface area contributed by atoms with Gasteiger partial charge in [-0.05, 0) is 125 Å². The van der Waals surface area contributed by atoms with Crippen LogP contribution >= 0.6 is 0 Å². The van der Waals surface area contributed by atoms with Crippen LogP contribution in [0.25, 0.3) is 72.4 Å². The number of imidazole rings is 1. The Labute approximate surface area is 494 Å². The molecule has 0 saturated heterocycles. The van der Waals surface area contributed by atoms with Gasteiger partial charge in [-0.2, -0.15) is 0 Å². The number of hydrogen-bond donors (Lipinski definition) is 0. The van der Waals surface area contributed by atoms with Crippen molar-refractivity contribution in [1.29, 1.82) is 0 Å². The normalized spacial score (nSPS) is 14.0. The molecule has 9 aromatic carbocycles. The largest absolute Gasteiger partial charge is 0.458 e. The molecule has 0 radical (unpaired) electrons. The first-order valence-electron chi connectivity index (χ1n) is 29.4. The lowest BCUT2D eigenvalue weighted by atomic mass is 9.63. The molecule has 84 heavy (non-hydrogen) atoms. The van der Waals surface area contributed by atoms with Gasteiger partial charge >= 0.3 is 0 Å². The number of ether oxygens (including phenoxy) is 1.